The molecule has 0 fully saturated rings. The van der Waals surface area contributed by atoms with Gasteiger partial charge in [0.25, 0.3) is 5.56 Å². The lowest BCUT2D eigenvalue weighted by molar-refractivity contribution is 0.242. The van der Waals surface area contributed by atoms with E-state index in [1.54, 1.807) is 6.07 Å². The average molecular weight is 354 g/mol. The van der Waals surface area contributed by atoms with E-state index in [4.69, 9.17) is 4.98 Å². The summed E-state index contributed by atoms with van der Waals surface area (Å²) in [7, 11) is 0. The molecule has 0 spiro atoms. The number of halogens is 1. The molecular formula is C20H23FN4O. The van der Waals surface area contributed by atoms with E-state index >= 15 is 0 Å². The SMILES string of the molecule is CC(C)(C)c1nc2c(c(=O)[nH]1)CN(Cc1c[nH]c3cc(F)ccc13)CC2. The first-order chi connectivity index (χ1) is 12.3. The van der Waals surface area contributed by atoms with Crippen LogP contribution in [0.3, 0.4) is 0 Å². The van der Waals surface area contributed by atoms with Gasteiger partial charge >= 0.3 is 0 Å². The molecule has 0 bridgehead atoms. The Bertz CT molecular complexity index is 1030. The van der Waals surface area contributed by atoms with E-state index < -0.39 is 0 Å². The molecule has 136 valence electrons. The zero-order valence-corrected chi connectivity index (χ0v) is 15.3. The Labute approximate surface area is 151 Å². The Morgan fingerprint density at radius 3 is 2.88 bits per heavy atom. The number of aromatic nitrogens is 3. The van der Waals surface area contributed by atoms with E-state index in [1.807, 2.05) is 27.0 Å². The molecule has 26 heavy (non-hydrogen) atoms. The summed E-state index contributed by atoms with van der Waals surface area (Å²) in [6.45, 7) is 8.29. The molecule has 0 amide bonds. The maximum Gasteiger partial charge on any atom is 0.255 e. The van der Waals surface area contributed by atoms with Gasteiger partial charge in [-0.05, 0) is 23.8 Å². The molecule has 0 saturated carbocycles. The minimum atomic E-state index is -0.245. The van der Waals surface area contributed by atoms with E-state index in [0.29, 0.717) is 13.1 Å². The molecule has 6 heteroatoms. The van der Waals surface area contributed by atoms with Crippen molar-refractivity contribution in [2.45, 2.75) is 45.7 Å². The van der Waals surface area contributed by atoms with Crippen molar-refractivity contribution < 1.29 is 4.39 Å². The normalized spacial score (nSPS) is 15.4. The van der Waals surface area contributed by atoms with Crippen molar-refractivity contribution in [3.63, 3.8) is 0 Å². The fourth-order valence-electron chi connectivity index (χ4n) is 3.50. The summed E-state index contributed by atoms with van der Waals surface area (Å²) in [5.41, 5.74) is 3.37. The number of hydrogen-bond acceptors (Lipinski definition) is 3. The zero-order valence-electron chi connectivity index (χ0n) is 15.3. The second kappa shape index (κ2) is 6.06. The van der Waals surface area contributed by atoms with Crippen molar-refractivity contribution in [2.24, 2.45) is 0 Å². The van der Waals surface area contributed by atoms with Gasteiger partial charge in [-0.2, -0.15) is 0 Å². The van der Waals surface area contributed by atoms with E-state index in [1.165, 1.54) is 12.1 Å². The molecular weight excluding hydrogens is 331 g/mol. The minimum Gasteiger partial charge on any atom is -0.361 e. The summed E-state index contributed by atoms with van der Waals surface area (Å²) < 4.78 is 13.4. The number of benzene rings is 1. The Hall–Kier alpha value is -2.47. The maximum absolute atomic E-state index is 13.4. The monoisotopic (exact) mass is 354 g/mol. The minimum absolute atomic E-state index is 0.0365. The number of H-pyrrole nitrogens is 2. The van der Waals surface area contributed by atoms with Gasteiger partial charge in [-0.25, -0.2) is 9.37 Å². The molecule has 1 aromatic carbocycles. The van der Waals surface area contributed by atoms with Crippen molar-refractivity contribution in [2.75, 3.05) is 6.54 Å². The molecule has 0 radical (unpaired) electrons. The highest BCUT2D eigenvalue weighted by atomic mass is 19.1. The number of fused-ring (bicyclic) bond motifs is 2. The van der Waals surface area contributed by atoms with Gasteiger partial charge in [0.15, 0.2) is 0 Å². The van der Waals surface area contributed by atoms with E-state index in [-0.39, 0.29) is 16.8 Å². The third kappa shape index (κ3) is 3.05. The summed E-state index contributed by atoms with van der Waals surface area (Å²) >= 11 is 0. The topological polar surface area (TPSA) is 64.8 Å². The zero-order chi connectivity index (χ0) is 18.5. The van der Waals surface area contributed by atoms with Crippen molar-refractivity contribution in [1.29, 1.82) is 0 Å². The molecule has 2 N–H and O–H groups in total. The molecule has 1 aliphatic heterocycles. The highest BCUT2D eigenvalue weighted by Gasteiger charge is 2.25. The van der Waals surface area contributed by atoms with Crippen LogP contribution in [0.25, 0.3) is 10.9 Å². The number of aromatic amines is 2. The Morgan fingerprint density at radius 2 is 2.12 bits per heavy atom. The van der Waals surface area contributed by atoms with Gasteiger partial charge < -0.3 is 9.97 Å². The van der Waals surface area contributed by atoms with Gasteiger partial charge in [-0.3, -0.25) is 9.69 Å². The van der Waals surface area contributed by atoms with Crippen LogP contribution in [0.4, 0.5) is 4.39 Å². The van der Waals surface area contributed by atoms with Crippen LogP contribution in [-0.4, -0.2) is 26.4 Å². The van der Waals surface area contributed by atoms with Crippen LogP contribution >= 0.6 is 0 Å². The second-order valence-corrected chi connectivity index (χ2v) is 8.05. The predicted octanol–water partition coefficient (Wildman–Crippen LogP) is 3.25. The van der Waals surface area contributed by atoms with Crippen LogP contribution < -0.4 is 5.56 Å². The predicted molar refractivity (Wildman–Crippen MR) is 99.6 cm³/mol. The molecule has 2 aromatic heterocycles. The van der Waals surface area contributed by atoms with E-state index in [9.17, 15) is 9.18 Å². The third-order valence-electron chi connectivity index (χ3n) is 4.98. The molecule has 0 unspecified atom stereocenters. The van der Waals surface area contributed by atoms with Gasteiger partial charge in [0.1, 0.15) is 11.6 Å². The first kappa shape index (κ1) is 17.0. The molecule has 3 aromatic rings. The van der Waals surface area contributed by atoms with E-state index in [2.05, 4.69) is 14.9 Å². The summed E-state index contributed by atoms with van der Waals surface area (Å²) in [6.07, 6.45) is 2.68. The van der Waals surface area contributed by atoms with Crippen molar-refractivity contribution in [3.8, 4) is 0 Å². The average Bonchev–Trinajstić information content (AvgIpc) is 2.96. The second-order valence-electron chi connectivity index (χ2n) is 8.05. The number of nitrogens with one attached hydrogen (secondary N) is 2. The number of rotatable bonds is 2. The fraction of sp³-hybridized carbons (Fsp3) is 0.400. The Morgan fingerprint density at radius 1 is 1.31 bits per heavy atom. The number of nitrogens with zero attached hydrogens (tertiary/aromatic N) is 2. The number of hydrogen-bond donors (Lipinski definition) is 2. The first-order valence-corrected chi connectivity index (χ1v) is 8.92. The van der Waals surface area contributed by atoms with E-state index in [0.717, 1.165) is 46.5 Å². The fourth-order valence-corrected chi connectivity index (χ4v) is 3.50. The molecule has 0 atom stereocenters. The van der Waals surface area contributed by atoms with Gasteiger partial charge in [-0.15, -0.1) is 0 Å². The lowest BCUT2D eigenvalue weighted by Crippen LogP contribution is -2.37. The molecule has 1 aliphatic rings. The summed E-state index contributed by atoms with van der Waals surface area (Å²) in [5, 5.41) is 1.02. The molecule has 0 saturated heterocycles. The Kier molecular flexibility index (Phi) is 3.95. The van der Waals surface area contributed by atoms with Gasteiger partial charge in [0.2, 0.25) is 0 Å². The largest absolute Gasteiger partial charge is 0.361 e. The van der Waals surface area contributed by atoms with Crippen molar-refractivity contribution >= 4 is 10.9 Å². The van der Waals surface area contributed by atoms with Crippen molar-refractivity contribution in [3.05, 3.63) is 63.2 Å². The third-order valence-corrected chi connectivity index (χ3v) is 4.98. The molecule has 4 rings (SSSR count). The molecule has 3 heterocycles. The summed E-state index contributed by atoms with van der Waals surface area (Å²) in [5.74, 6) is 0.499. The molecule has 0 aliphatic carbocycles. The van der Waals surface area contributed by atoms with Crippen LogP contribution in [0.5, 0.6) is 0 Å². The van der Waals surface area contributed by atoms with Crippen LogP contribution in [0.2, 0.25) is 0 Å². The summed E-state index contributed by atoms with van der Waals surface area (Å²) in [4.78, 5) is 25.6. The first-order valence-electron chi connectivity index (χ1n) is 8.92. The maximum atomic E-state index is 13.4. The standard InChI is InChI=1S/C20H23FN4O/c1-20(2,3)19-23-16-6-7-25(11-15(16)18(26)24-19)10-12-9-22-17-8-13(21)4-5-14(12)17/h4-5,8-9,22H,6-7,10-11H2,1-3H3,(H,23,24,26). The van der Waals surface area contributed by atoms with Crippen LogP contribution in [-0.2, 0) is 24.9 Å². The lowest BCUT2D eigenvalue weighted by Gasteiger charge is -2.28. The van der Waals surface area contributed by atoms with Crippen molar-refractivity contribution in [1.82, 2.24) is 19.9 Å². The quantitative estimate of drug-likeness (QED) is 0.742. The van der Waals surface area contributed by atoms with Crippen LogP contribution in [0, 0.1) is 5.82 Å². The lowest BCUT2D eigenvalue weighted by atomic mass is 9.95. The highest BCUT2D eigenvalue weighted by Crippen LogP contribution is 2.24. The van der Waals surface area contributed by atoms with Crippen LogP contribution in [0.15, 0.2) is 29.2 Å². The van der Waals surface area contributed by atoms with Gasteiger partial charge in [-0.1, -0.05) is 20.8 Å². The molecule has 5 nitrogen and oxygen atoms in total. The summed E-state index contributed by atoms with van der Waals surface area (Å²) in [6, 6.07) is 4.79. The van der Waals surface area contributed by atoms with Crippen LogP contribution in [0.1, 0.15) is 43.4 Å². The van der Waals surface area contributed by atoms with Gasteiger partial charge in [0, 0.05) is 48.6 Å². The Balaban J connectivity index is 1.59. The highest BCUT2D eigenvalue weighted by molar-refractivity contribution is 5.83. The smallest absolute Gasteiger partial charge is 0.255 e. The van der Waals surface area contributed by atoms with Gasteiger partial charge in [0.05, 0.1) is 11.3 Å².